The molecule has 1 fully saturated rings. The molecule has 0 saturated carbocycles. The standard InChI is InChI=1S/C21H25N3O3/c1-16(27-19-7-5-17(14-22)6-8-19)21(25)24(15-20-4-3-13-26-20)18-9-11-23(2)12-10-18/h3-8,13,16,18H,9-12,15H2,1-2H3. The molecule has 0 spiro atoms. The van der Waals surface area contributed by atoms with Crippen LogP contribution >= 0.6 is 0 Å². The van der Waals surface area contributed by atoms with Crippen molar-refractivity contribution < 1.29 is 13.9 Å². The van der Waals surface area contributed by atoms with Crippen LogP contribution in [0.25, 0.3) is 0 Å². The predicted molar refractivity (Wildman–Crippen MR) is 101 cm³/mol. The molecule has 0 bridgehead atoms. The number of nitriles is 1. The maximum absolute atomic E-state index is 13.2. The van der Waals surface area contributed by atoms with Crippen molar-refractivity contribution in [2.45, 2.75) is 38.5 Å². The molecule has 0 N–H and O–H groups in total. The zero-order chi connectivity index (χ0) is 19.2. The van der Waals surface area contributed by atoms with E-state index in [0.29, 0.717) is 17.9 Å². The second-order valence-corrected chi connectivity index (χ2v) is 6.98. The highest BCUT2D eigenvalue weighted by atomic mass is 16.5. The van der Waals surface area contributed by atoms with Crippen LogP contribution in [0.15, 0.2) is 47.1 Å². The first-order valence-corrected chi connectivity index (χ1v) is 9.25. The molecular formula is C21H25N3O3. The summed E-state index contributed by atoms with van der Waals surface area (Å²) in [7, 11) is 2.10. The fraction of sp³-hybridized carbons (Fsp3) is 0.429. The molecule has 142 valence electrons. The molecule has 6 heteroatoms. The Morgan fingerprint density at radius 2 is 2.04 bits per heavy atom. The Morgan fingerprint density at radius 1 is 1.33 bits per heavy atom. The van der Waals surface area contributed by atoms with Crippen LogP contribution in [0.2, 0.25) is 0 Å². The molecule has 1 aliphatic heterocycles. The number of ether oxygens (including phenoxy) is 1. The summed E-state index contributed by atoms with van der Waals surface area (Å²) in [6, 6.07) is 12.8. The van der Waals surface area contributed by atoms with E-state index in [1.165, 1.54) is 0 Å². The summed E-state index contributed by atoms with van der Waals surface area (Å²) in [4.78, 5) is 17.3. The van der Waals surface area contributed by atoms with Crippen molar-refractivity contribution in [3.63, 3.8) is 0 Å². The zero-order valence-electron chi connectivity index (χ0n) is 15.8. The Labute approximate surface area is 159 Å². The summed E-state index contributed by atoms with van der Waals surface area (Å²) < 4.78 is 11.3. The number of hydrogen-bond donors (Lipinski definition) is 0. The van der Waals surface area contributed by atoms with Gasteiger partial charge in [-0.3, -0.25) is 4.79 Å². The maximum Gasteiger partial charge on any atom is 0.264 e. The van der Waals surface area contributed by atoms with Gasteiger partial charge in [0.15, 0.2) is 6.10 Å². The average Bonchev–Trinajstić information content (AvgIpc) is 3.20. The van der Waals surface area contributed by atoms with Crippen LogP contribution in [0.4, 0.5) is 0 Å². The molecule has 1 aliphatic rings. The van der Waals surface area contributed by atoms with Crippen molar-refractivity contribution in [1.29, 1.82) is 5.26 Å². The summed E-state index contributed by atoms with van der Waals surface area (Å²) in [5, 5.41) is 8.89. The van der Waals surface area contributed by atoms with Gasteiger partial charge < -0.3 is 19.0 Å². The van der Waals surface area contributed by atoms with Crippen LogP contribution in [0.5, 0.6) is 5.75 Å². The topological polar surface area (TPSA) is 69.7 Å². The van der Waals surface area contributed by atoms with Crippen LogP contribution in [-0.4, -0.2) is 48.0 Å². The molecule has 2 aromatic rings. The number of carbonyl (C=O) groups excluding carboxylic acids is 1. The first kappa shape index (κ1) is 19.0. The minimum Gasteiger partial charge on any atom is -0.481 e. The number of carbonyl (C=O) groups is 1. The molecule has 0 aliphatic carbocycles. The van der Waals surface area contributed by atoms with Crippen LogP contribution in [0.1, 0.15) is 31.1 Å². The molecule has 6 nitrogen and oxygen atoms in total. The van der Waals surface area contributed by atoms with Crippen molar-refractivity contribution in [2.75, 3.05) is 20.1 Å². The lowest BCUT2D eigenvalue weighted by Crippen LogP contribution is -2.49. The number of nitrogens with zero attached hydrogens (tertiary/aromatic N) is 3. The third-order valence-corrected chi connectivity index (χ3v) is 4.96. The number of benzene rings is 1. The minimum atomic E-state index is -0.618. The molecule has 1 saturated heterocycles. The highest BCUT2D eigenvalue weighted by Crippen LogP contribution is 2.21. The highest BCUT2D eigenvalue weighted by molar-refractivity contribution is 5.81. The van der Waals surface area contributed by atoms with Crippen molar-refractivity contribution in [1.82, 2.24) is 9.80 Å². The summed E-state index contributed by atoms with van der Waals surface area (Å²) >= 11 is 0. The summed E-state index contributed by atoms with van der Waals surface area (Å²) in [6.45, 7) is 4.15. The Hall–Kier alpha value is -2.78. The van der Waals surface area contributed by atoms with Crippen molar-refractivity contribution in [3.8, 4) is 11.8 Å². The average molecular weight is 367 g/mol. The number of likely N-dealkylation sites (tertiary alicyclic amines) is 1. The van der Waals surface area contributed by atoms with Gasteiger partial charge in [-0.25, -0.2) is 0 Å². The molecule has 1 unspecified atom stereocenters. The van der Waals surface area contributed by atoms with E-state index in [1.807, 2.05) is 17.0 Å². The van der Waals surface area contributed by atoms with Gasteiger partial charge in [0.05, 0.1) is 24.4 Å². The van der Waals surface area contributed by atoms with Crippen molar-refractivity contribution in [2.24, 2.45) is 0 Å². The molecule has 1 atom stereocenters. The van der Waals surface area contributed by atoms with E-state index in [2.05, 4.69) is 18.0 Å². The Bertz CT molecular complexity index is 772. The molecule has 1 amide bonds. The fourth-order valence-corrected chi connectivity index (χ4v) is 3.36. The van der Waals surface area contributed by atoms with Gasteiger partial charge >= 0.3 is 0 Å². The van der Waals surface area contributed by atoms with E-state index < -0.39 is 6.10 Å². The number of furan rings is 1. The van der Waals surface area contributed by atoms with Gasteiger partial charge in [-0.15, -0.1) is 0 Å². The quantitative estimate of drug-likeness (QED) is 0.785. The van der Waals surface area contributed by atoms with Gasteiger partial charge in [0.2, 0.25) is 0 Å². The Balaban J connectivity index is 1.71. The van der Waals surface area contributed by atoms with Crippen LogP contribution < -0.4 is 4.74 Å². The largest absolute Gasteiger partial charge is 0.481 e. The second-order valence-electron chi connectivity index (χ2n) is 6.98. The van der Waals surface area contributed by atoms with E-state index in [9.17, 15) is 4.79 Å². The van der Waals surface area contributed by atoms with E-state index >= 15 is 0 Å². The van der Waals surface area contributed by atoms with E-state index in [1.54, 1.807) is 37.5 Å². The first-order valence-electron chi connectivity index (χ1n) is 9.25. The zero-order valence-corrected chi connectivity index (χ0v) is 15.8. The molecule has 2 heterocycles. The Morgan fingerprint density at radius 3 is 2.63 bits per heavy atom. The number of amides is 1. The van der Waals surface area contributed by atoms with Crippen LogP contribution in [0.3, 0.4) is 0 Å². The van der Waals surface area contributed by atoms with Gasteiger partial charge in [-0.2, -0.15) is 5.26 Å². The normalized spacial score (nSPS) is 16.5. The molecule has 0 radical (unpaired) electrons. The molecule has 27 heavy (non-hydrogen) atoms. The minimum absolute atomic E-state index is 0.0506. The van der Waals surface area contributed by atoms with E-state index in [-0.39, 0.29) is 11.9 Å². The third-order valence-electron chi connectivity index (χ3n) is 4.96. The summed E-state index contributed by atoms with van der Waals surface area (Å²) in [5.41, 5.74) is 0.562. The van der Waals surface area contributed by atoms with Gasteiger partial charge in [0.25, 0.3) is 5.91 Å². The number of rotatable bonds is 6. The van der Waals surface area contributed by atoms with Crippen LogP contribution in [-0.2, 0) is 11.3 Å². The van der Waals surface area contributed by atoms with E-state index in [0.717, 1.165) is 31.7 Å². The highest BCUT2D eigenvalue weighted by Gasteiger charge is 2.31. The third kappa shape index (κ3) is 4.89. The molecule has 3 rings (SSSR count). The lowest BCUT2D eigenvalue weighted by Gasteiger charge is -2.38. The van der Waals surface area contributed by atoms with Gasteiger partial charge in [-0.05, 0) is 76.3 Å². The predicted octanol–water partition coefficient (Wildman–Crippen LogP) is 3.04. The smallest absolute Gasteiger partial charge is 0.264 e. The summed E-state index contributed by atoms with van der Waals surface area (Å²) in [6.07, 6.45) is 2.88. The molecule has 1 aromatic heterocycles. The lowest BCUT2D eigenvalue weighted by atomic mass is 10.0. The SMILES string of the molecule is CC(Oc1ccc(C#N)cc1)C(=O)N(Cc1ccco1)C1CCN(C)CC1. The van der Waals surface area contributed by atoms with Crippen molar-refractivity contribution in [3.05, 3.63) is 54.0 Å². The van der Waals surface area contributed by atoms with E-state index in [4.69, 9.17) is 14.4 Å². The van der Waals surface area contributed by atoms with Crippen molar-refractivity contribution >= 4 is 5.91 Å². The second kappa shape index (κ2) is 8.74. The Kier molecular flexibility index (Phi) is 6.15. The number of hydrogen-bond acceptors (Lipinski definition) is 5. The first-order chi connectivity index (χ1) is 13.1. The monoisotopic (exact) mass is 367 g/mol. The van der Waals surface area contributed by atoms with Gasteiger partial charge in [-0.1, -0.05) is 0 Å². The van der Waals surface area contributed by atoms with Gasteiger partial charge in [0.1, 0.15) is 11.5 Å². The summed E-state index contributed by atoms with van der Waals surface area (Å²) in [5.74, 6) is 1.30. The lowest BCUT2D eigenvalue weighted by molar-refractivity contribution is -0.142. The van der Waals surface area contributed by atoms with Gasteiger partial charge in [0, 0.05) is 6.04 Å². The van der Waals surface area contributed by atoms with Crippen LogP contribution in [0, 0.1) is 11.3 Å². The maximum atomic E-state index is 13.2. The fourth-order valence-electron chi connectivity index (χ4n) is 3.36. The molecule has 1 aromatic carbocycles. The molecular weight excluding hydrogens is 342 g/mol. The number of piperidine rings is 1.